The van der Waals surface area contributed by atoms with Crippen molar-refractivity contribution in [2.24, 2.45) is 0 Å². The lowest BCUT2D eigenvalue weighted by Crippen LogP contribution is -2.40. The molecule has 29 heavy (non-hydrogen) atoms. The van der Waals surface area contributed by atoms with E-state index in [1.165, 1.54) is 0 Å². The van der Waals surface area contributed by atoms with Gasteiger partial charge in [0.15, 0.2) is 9.84 Å². The number of hydrogen-bond acceptors (Lipinski definition) is 4. The molecule has 2 aromatic carbocycles. The summed E-state index contributed by atoms with van der Waals surface area (Å²) in [4.78, 5) is 15.1. The third kappa shape index (κ3) is 5.44. The Labute approximate surface area is 181 Å². The third-order valence-electron chi connectivity index (χ3n) is 4.84. The molecule has 1 saturated heterocycles. The molecule has 156 valence electrons. The number of carbonyl (C=O) groups excluding carboxylic acids is 1. The van der Waals surface area contributed by atoms with Crippen molar-refractivity contribution in [2.45, 2.75) is 32.4 Å². The molecular weight excluding hydrogens is 433 g/mol. The molecule has 0 aliphatic carbocycles. The second kappa shape index (κ2) is 9.37. The minimum atomic E-state index is -3.17. The predicted molar refractivity (Wildman–Crippen MR) is 116 cm³/mol. The van der Waals surface area contributed by atoms with Crippen molar-refractivity contribution >= 4 is 38.9 Å². The van der Waals surface area contributed by atoms with Gasteiger partial charge in [-0.3, -0.25) is 4.79 Å². The van der Waals surface area contributed by atoms with Crippen molar-refractivity contribution in [3.05, 3.63) is 63.6 Å². The topological polar surface area (TPSA) is 63.7 Å². The van der Waals surface area contributed by atoms with Crippen LogP contribution in [-0.2, 0) is 16.4 Å². The summed E-state index contributed by atoms with van der Waals surface area (Å²) in [6.07, 6.45) is 1.21. The Morgan fingerprint density at radius 2 is 1.97 bits per heavy atom. The maximum atomic E-state index is 13.5. The Kier molecular flexibility index (Phi) is 7.09. The summed E-state index contributed by atoms with van der Waals surface area (Å²) in [6, 6.07) is 11.7. The summed E-state index contributed by atoms with van der Waals surface area (Å²) >= 11 is 12.3. The van der Waals surface area contributed by atoms with E-state index in [1.54, 1.807) is 41.3 Å². The molecule has 0 aromatic heterocycles. The van der Waals surface area contributed by atoms with Crippen LogP contribution in [0.3, 0.4) is 0 Å². The second-order valence-corrected chi connectivity index (χ2v) is 10.1. The summed E-state index contributed by atoms with van der Waals surface area (Å²) < 4.78 is 29.9. The van der Waals surface area contributed by atoms with E-state index < -0.39 is 15.9 Å². The van der Waals surface area contributed by atoms with Gasteiger partial charge in [-0.05, 0) is 42.7 Å². The van der Waals surface area contributed by atoms with Crippen LogP contribution < -0.4 is 4.74 Å². The minimum Gasteiger partial charge on any atom is -0.493 e. The van der Waals surface area contributed by atoms with Gasteiger partial charge in [0.2, 0.25) is 0 Å². The summed E-state index contributed by atoms with van der Waals surface area (Å²) in [5.41, 5.74) is 1.12. The molecule has 0 unspecified atom stereocenters. The lowest BCUT2D eigenvalue weighted by molar-refractivity contribution is 0.0676. The molecule has 0 saturated carbocycles. The largest absolute Gasteiger partial charge is 0.493 e. The second-order valence-electron chi connectivity index (χ2n) is 7.07. The molecule has 5 nitrogen and oxygen atoms in total. The number of ether oxygens (including phenoxy) is 1. The predicted octanol–water partition coefficient (Wildman–Crippen LogP) is 4.61. The first-order valence-electron chi connectivity index (χ1n) is 9.48. The number of benzene rings is 2. The third-order valence-corrected chi connectivity index (χ3v) is 7.18. The molecule has 8 heteroatoms. The van der Waals surface area contributed by atoms with Crippen LogP contribution in [0.25, 0.3) is 0 Å². The molecule has 1 aliphatic heterocycles. The Hall–Kier alpha value is -1.76. The SMILES string of the molecule is CCCOc1ccccc1C(=O)N(Cc1ccc(Cl)cc1Cl)[C@@H]1CCS(=O)(=O)C1. The summed E-state index contributed by atoms with van der Waals surface area (Å²) in [7, 11) is -3.17. The van der Waals surface area contributed by atoms with Crippen LogP contribution in [0, 0.1) is 0 Å². The summed E-state index contributed by atoms with van der Waals surface area (Å²) in [5.74, 6) is 0.239. The highest BCUT2D eigenvalue weighted by atomic mass is 35.5. The van der Waals surface area contributed by atoms with Crippen LogP contribution in [0.2, 0.25) is 10.0 Å². The average Bonchev–Trinajstić information content (AvgIpc) is 3.05. The van der Waals surface area contributed by atoms with Gasteiger partial charge in [0.05, 0.1) is 23.7 Å². The minimum absolute atomic E-state index is 0.0536. The Bertz CT molecular complexity index is 994. The van der Waals surface area contributed by atoms with E-state index in [0.717, 1.165) is 6.42 Å². The number of para-hydroxylation sites is 1. The fourth-order valence-electron chi connectivity index (χ4n) is 3.36. The summed E-state index contributed by atoms with van der Waals surface area (Å²) in [6.45, 7) is 2.67. The van der Waals surface area contributed by atoms with Gasteiger partial charge >= 0.3 is 0 Å². The van der Waals surface area contributed by atoms with Gasteiger partial charge in [0.1, 0.15) is 5.75 Å². The molecule has 3 rings (SSSR count). The van der Waals surface area contributed by atoms with Gasteiger partial charge in [0.25, 0.3) is 5.91 Å². The number of halogens is 2. The normalized spacial score (nSPS) is 17.8. The van der Waals surface area contributed by atoms with Crippen molar-refractivity contribution < 1.29 is 17.9 Å². The van der Waals surface area contributed by atoms with Gasteiger partial charge in [-0.1, -0.05) is 48.3 Å². The standard InChI is InChI=1S/C21H23Cl2NO4S/c1-2-10-28-20-6-4-3-5-18(20)21(25)24(17-9-11-29(26,27)14-17)13-15-7-8-16(22)12-19(15)23/h3-8,12,17H,2,9-11,13-14H2,1H3/t17-/m1/s1. The molecule has 0 radical (unpaired) electrons. The first kappa shape index (κ1) is 21.9. The van der Waals surface area contributed by atoms with Crippen LogP contribution in [0.5, 0.6) is 5.75 Å². The first-order chi connectivity index (χ1) is 13.8. The van der Waals surface area contributed by atoms with Crippen LogP contribution >= 0.6 is 23.2 Å². The molecule has 2 aromatic rings. The summed E-state index contributed by atoms with van der Waals surface area (Å²) in [5, 5.41) is 0.935. The molecule has 1 amide bonds. The smallest absolute Gasteiger partial charge is 0.258 e. The van der Waals surface area contributed by atoms with Crippen LogP contribution in [-0.4, -0.2) is 43.4 Å². The number of rotatable bonds is 7. The molecular formula is C21H23Cl2NO4S. The average molecular weight is 456 g/mol. The zero-order valence-corrected chi connectivity index (χ0v) is 18.4. The molecule has 0 bridgehead atoms. The first-order valence-corrected chi connectivity index (χ1v) is 12.1. The highest BCUT2D eigenvalue weighted by molar-refractivity contribution is 7.91. The van der Waals surface area contributed by atoms with Crippen molar-refractivity contribution in [3.63, 3.8) is 0 Å². The maximum Gasteiger partial charge on any atom is 0.258 e. The zero-order valence-electron chi connectivity index (χ0n) is 16.1. The fraction of sp³-hybridized carbons (Fsp3) is 0.381. The van der Waals surface area contributed by atoms with E-state index in [2.05, 4.69) is 0 Å². The number of hydrogen-bond donors (Lipinski definition) is 0. The number of carbonyl (C=O) groups is 1. The van der Waals surface area contributed by atoms with Gasteiger partial charge in [-0.25, -0.2) is 8.42 Å². The lowest BCUT2D eigenvalue weighted by atomic mass is 10.1. The highest BCUT2D eigenvalue weighted by Gasteiger charge is 2.36. The van der Waals surface area contributed by atoms with Crippen molar-refractivity contribution in [2.75, 3.05) is 18.1 Å². The monoisotopic (exact) mass is 455 g/mol. The molecule has 0 N–H and O–H groups in total. The number of nitrogens with zero attached hydrogens (tertiary/aromatic N) is 1. The van der Waals surface area contributed by atoms with E-state index in [-0.39, 0.29) is 24.0 Å². The van der Waals surface area contributed by atoms with Gasteiger partial charge in [-0.15, -0.1) is 0 Å². The van der Waals surface area contributed by atoms with E-state index in [9.17, 15) is 13.2 Å². The zero-order chi connectivity index (χ0) is 21.0. The van der Waals surface area contributed by atoms with Crippen LogP contribution in [0.4, 0.5) is 0 Å². The van der Waals surface area contributed by atoms with E-state index in [1.807, 2.05) is 13.0 Å². The Morgan fingerprint density at radius 3 is 2.62 bits per heavy atom. The van der Waals surface area contributed by atoms with Crippen molar-refractivity contribution in [1.82, 2.24) is 4.90 Å². The van der Waals surface area contributed by atoms with Gasteiger partial charge < -0.3 is 9.64 Å². The van der Waals surface area contributed by atoms with E-state index in [4.69, 9.17) is 27.9 Å². The van der Waals surface area contributed by atoms with Crippen LogP contribution in [0.15, 0.2) is 42.5 Å². The number of sulfone groups is 1. The Balaban J connectivity index is 1.96. The number of amides is 1. The molecule has 1 aliphatic rings. The Morgan fingerprint density at radius 1 is 1.21 bits per heavy atom. The van der Waals surface area contributed by atoms with Gasteiger partial charge in [0, 0.05) is 22.6 Å². The molecule has 1 fully saturated rings. The maximum absolute atomic E-state index is 13.5. The highest BCUT2D eigenvalue weighted by Crippen LogP contribution is 2.29. The molecule has 0 spiro atoms. The molecule has 1 heterocycles. The van der Waals surface area contributed by atoms with Crippen LogP contribution in [0.1, 0.15) is 35.7 Å². The van der Waals surface area contributed by atoms with Crippen molar-refractivity contribution in [3.8, 4) is 5.75 Å². The lowest BCUT2D eigenvalue weighted by Gasteiger charge is -2.29. The van der Waals surface area contributed by atoms with E-state index in [0.29, 0.717) is 39.9 Å². The van der Waals surface area contributed by atoms with E-state index >= 15 is 0 Å². The fourth-order valence-corrected chi connectivity index (χ4v) is 5.56. The van der Waals surface area contributed by atoms with Gasteiger partial charge in [-0.2, -0.15) is 0 Å². The molecule has 1 atom stereocenters. The van der Waals surface area contributed by atoms with Crippen molar-refractivity contribution in [1.29, 1.82) is 0 Å². The quantitative estimate of drug-likeness (QED) is 0.611.